The number of nitrogens with one attached hydrogen (secondary N) is 1. The van der Waals surface area contributed by atoms with Crippen LogP contribution in [0.25, 0.3) is 0 Å². The molecule has 0 aromatic carbocycles. The largest absolute Gasteiger partial charge is 0.462 e. The molecule has 1 amide bonds. The number of hydrogen-bond acceptors (Lipinski definition) is 5. The summed E-state index contributed by atoms with van der Waals surface area (Å²) < 4.78 is 5.87. The zero-order valence-corrected chi connectivity index (χ0v) is 36.0. The third kappa shape index (κ3) is 38.2. The fourth-order valence-electron chi connectivity index (χ4n) is 6.68. The van der Waals surface area contributed by atoms with Crippen molar-refractivity contribution < 1.29 is 24.5 Å². The van der Waals surface area contributed by atoms with E-state index in [1.807, 2.05) is 18.2 Å². The van der Waals surface area contributed by atoms with Crippen LogP contribution in [-0.4, -0.2) is 46.9 Å². The lowest BCUT2D eigenvalue weighted by molar-refractivity contribution is -0.151. The summed E-state index contributed by atoms with van der Waals surface area (Å²) in [6.07, 6.45) is 51.4. The lowest BCUT2D eigenvalue weighted by atomic mass is 10.0. The summed E-state index contributed by atoms with van der Waals surface area (Å²) in [5.74, 6) is -0.534. The molecule has 0 rings (SSSR count). The summed E-state index contributed by atoms with van der Waals surface area (Å²) in [6.45, 7) is 6.29. The second-order valence-electron chi connectivity index (χ2n) is 15.5. The van der Waals surface area contributed by atoms with Crippen molar-refractivity contribution in [1.82, 2.24) is 5.32 Å². The van der Waals surface area contributed by atoms with Gasteiger partial charge in [0.1, 0.15) is 6.10 Å². The van der Waals surface area contributed by atoms with Gasteiger partial charge in [-0.1, -0.05) is 197 Å². The van der Waals surface area contributed by atoms with Crippen molar-refractivity contribution in [3.63, 3.8) is 0 Å². The molecule has 318 valence electrons. The van der Waals surface area contributed by atoms with Crippen LogP contribution >= 0.6 is 0 Å². The maximum atomic E-state index is 13.1. The lowest BCUT2D eigenvalue weighted by Gasteiger charge is -2.24. The Kier molecular flexibility index (Phi) is 40.8. The molecular formula is C49H87NO5. The van der Waals surface area contributed by atoms with Gasteiger partial charge in [-0.25, -0.2) is 0 Å². The second kappa shape index (κ2) is 42.7. The minimum Gasteiger partial charge on any atom is -0.462 e. The molecule has 0 aliphatic rings. The number of carbonyl (C=O) groups is 2. The minimum atomic E-state index is -0.797. The summed E-state index contributed by atoms with van der Waals surface area (Å²) in [5, 5.41) is 23.6. The van der Waals surface area contributed by atoms with Crippen LogP contribution in [0, 0.1) is 0 Å². The van der Waals surface area contributed by atoms with Crippen LogP contribution < -0.4 is 5.32 Å². The number of amides is 1. The van der Waals surface area contributed by atoms with E-state index < -0.39 is 18.2 Å². The van der Waals surface area contributed by atoms with E-state index in [1.165, 1.54) is 83.5 Å². The lowest BCUT2D eigenvalue weighted by Crippen LogP contribution is -2.46. The van der Waals surface area contributed by atoms with Gasteiger partial charge >= 0.3 is 5.97 Å². The number of aliphatic hydroxyl groups excluding tert-OH is 2. The van der Waals surface area contributed by atoms with Crippen molar-refractivity contribution in [3.8, 4) is 0 Å². The van der Waals surface area contributed by atoms with Crippen LogP contribution in [0.15, 0.2) is 60.8 Å². The van der Waals surface area contributed by atoms with E-state index in [0.29, 0.717) is 19.3 Å². The van der Waals surface area contributed by atoms with Gasteiger partial charge in [-0.3, -0.25) is 9.59 Å². The normalized spacial score (nSPS) is 13.9. The predicted octanol–water partition coefficient (Wildman–Crippen LogP) is 13.3. The molecule has 55 heavy (non-hydrogen) atoms. The van der Waals surface area contributed by atoms with E-state index in [0.717, 1.165) is 83.5 Å². The first-order valence-electron chi connectivity index (χ1n) is 23.1. The van der Waals surface area contributed by atoms with E-state index in [2.05, 4.69) is 68.6 Å². The Bertz CT molecular complexity index is 999. The molecule has 0 radical (unpaired) electrons. The topological polar surface area (TPSA) is 95.9 Å². The number of carbonyl (C=O) groups excluding carboxylic acids is 2. The highest BCUT2D eigenvalue weighted by atomic mass is 16.5. The van der Waals surface area contributed by atoms with Crippen LogP contribution in [0.2, 0.25) is 0 Å². The molecule has 0 aliphatic heterocycles. The average molecular weight is 770 g/mol. The van der Waals surface area contributed by atoms with Gasteiger partial charge in [0.25, 0.3) is 0 Å². The van der Waals surface area contributed by atoms with Crippen molar-refractivity contribution >= 4 is 11.9 Å². The molecule has 3 atom stereocenters. The highest BCUT2D eigenvalue weighted by Gasteiger charge is 2.24. The Hall–Kier alpha value is -2.44. The van der Waals surface area contributed by atoms with Crippen LogP contribution in [0.1, 0.15) is 213 Å². The van der Waals surface area contributed by atoms with Crippen molar-refractivity contribution in [2.24, 2.45) is 0 Å². The van der Waals surface area contributed by atoms with Gasteiger partial charge in [0.2, 0.25) is 5.91 Å². The van der Waals surface area contributed by atoms with Gasteiger partial charge < -0.3 is 20.3 Å². The molecule has 0 aliphatic carbocycles. The quantitative estimate of drug-likeness (QED) is 0.0250. The van der Waals surface area contributed by atoms with Gasteiger partial charge in [-0.2, -0.15) is 0 Å². The van der Waals surface area contributed by atoms with Gasteiger partial charge in [0, 0.05) is 6.42 Å². The zero-order chi connectivity index (χ0) is 40.3. The van der Waals surface area contributed by atoms with Gasteiger partial charge in [0.05, 0.1) is 25.2 Å². The smallest absolute Gasteiger partial charge is 0.306 e. The SMILES string of the molecule is CC/C=C/C=C/C=C/C=C\CCCCCCCC(=O)OC(CCC/C=C\CCCCCCCC)CC(=O)NC(CO)C(O)CCCCCCCCCCCC. The third-order valence-electron chi connectivity index (χ3n) is 10.2. The molecule has 0 spiro atoms. The van der Waals surface area contributed by atoms with Gasteiger partial charge in [-0.15, -0.1) is 0 Å². The van der Waals surface area contributed by atoms with E-state index in [-0.39, 0.29) is 24.9 Å². The van der Waals surface area contributed by atoms with Crippen LogP contribution in [-0.2, 0) is 14.3 Å². The number of aliphatic hydroxyl groups is 2. The molecule has 3 unspecified atom stereocenters. The Morgan fingerprint density at radius 2 is 1.02 bits per heavy atom. The first-order chi connectivity index (χ1) is 27.0. The summed E-state index contributed by atoms with van der Waals surface area (Å²) in [6, 6.07) is -0.714. The van der Waals surface area contributed by atoms with Crippen LogP contribution in [0.4, 0.5) is 0 Å². The Morgan fingerprint density at radius 3 is 1.58 bits per heavy atom. The van der Waals surface area contributed by atoms with Crippen molar-refractivity contribution in [2.75, 3.05) is 6.61 Å². The maximum absolute atomic E-state index is 13.1. The molecule has 0 aromatic heterocycles. The van der Waals surface area contributed by atoms with Crippen LogP contribution in [0.3, 0.4) is 0 Å². The monoisotopic (exact) mass is 770 g/mol. The van der Waals surface area contributed by atoms with E-state index >= 15 is 0 Å². The number of ether oxygens (including phenoxy) is 1. The third-order valence-corrected chi connectivity index (χ3v) is 10.2. The Balaban J connectivity index is 4.66. The first-order valence-corrected chi connectivity index (χ1v) is 23.1. The van der Waals surface area contributed by atoms with Crippen molar-refractivity contribution in [2.45, 2.75) is 232 Å². The molecule has 0 saturated carbocycles. The molecule has 0 fully saturated rings. The minimum absolute atomic E-state index is 0.0452. The van der Waals surface area contributed by atoms with Gasteiger partial charge in [0.15, 0.2) is 0 Å². The molecule has 0 heterocycles. The number of unbranched alkanes of at least 4 members (excludes halogenated alkanes) is 21. The summed E-state index contributed by atoms with van der Waals surface area (Å²) >= 11 is 0. The zero-order valence-electron chi connectivity index (χ0n) is 36.0. The average Bonchev–Trinajstić information content (AvgIpc) is 3.18. The molecule has 3 N–H and O–H groups in total. The fourth-order valence-corrected chi connectivity index (χ4v) is 6.68. The van der Waals surface area contributed by atoms with E-state index in [1.54, 1.807) is 0 Å². The summed E-state index contributed by atoms with van der Waals surface area (Å²) in [5.41, 5.74) is 0. The van der Waals surface area contributed by atoms with Gasteiger partial charge in [-0.05, 0) is 64.2 Å². The summed E-state index contributed by atoms with van der Waals surface area (Å²) in [4.78, 5) is 26.0. The number of hydrogen-bond donors (Lipinski definition) is 3. The molecule has 0 saturated heterocycles. The Morgan fingerprint density at radius 1 is 0.545 bits per heavy atom. The predicted molar refractivity (Wildman–Crippen MR) is 236 cm³/mol. The number of rotatable bonds is 40. The van der Waals surface area contributed by atoms with E-state index in [9.17, 15) is 19.8 Å². The second-order valence-corrected chi connectivity index (χ2v) is 15.5. The maximum Gasteiger partial charge on any atom is 0.306 e. The van der Waals surface area contributed by atoms with Crippen molar-refractivity contribution in [3.05, 3.63) is 60.8 Å². The fraction of sp³-hybridized carbons (Fsp3) is 0.755. The van der Waals surface area contributed by atoms with E-state index in [4.69, 9.17) is 4.74 Å². The number of allylic oxidation sites excluding steroid dienone is 10. The highest BCUT2D eigenvalue weighted by Crippen LogP contribution is 2.16. The van der Waals surface area contributed by atoms with Crippen LogP contribution in [0.5, 0.6) is 0 Å². The highest BCUT2D eigenvalue weighted by molar-refractivity contribution is 5.77. The standard InChI is InChI=1S/C49H87NO5/c1-4-7-10-13-16-19-22-23-24-25-27-30-33-36-39-42-49(54)55-45(40-37-34-31-28-26-20-17-14-11-8-5-2)43-48(53)50-46(44-51)47(52)41-38-35-32-29-21-18-15-12-9-6-3/h7,10,13,16,19,22-24,28,31,45-47,51-52H,4-6,8-9,11-12,14-15,17-18,20-21,25-27,29-30,32-44H2,1-3H3,(H,50,53)/b10-7+,16-13+,22-19+,24-23-,31-28-. The molecule has 6 heteroatoms. The molecule has 6 nitrogen and oxygen atoms in total. The first kappa shape index (κ1) is 52.6. The molecular weight excluding hydrogens is 683 g/mol. The molecule has 0 bridgehead atoms. The summed E-state index contributed by atoms with van der Waals surface area (Å²) in [7, 11) is 0. The number of esters is 1. The molecule has 0 aromatic rings. The Labute approximate surface area is 339 Å². The van der Waals surface area contributed by atoms with Crippen molar-refractivity contribution in [1.29, 1.82) is 0 Å².